The number of nitrogens with two attached hydrogens (primary N) is 1. The molecule has 1 aliphatic carbocycles. The summed E-state index contributed by atoms with van der Waals surface area (Å²) in [5.74, 6) is 1.74. The van der Waals surface area contributed by atoms with Crippen molar-refractivity contribution in [3.8, 4) is 0 Å². The summed E-state index contributed by atoms with van der Waals surface area (Å²) in [5, 5.41) is 4.25. The maximum absolute atomic E-state index is 5.72. The van der Waals surface area contributed by atoms with Gasteiger partial charge in [0.05, 0.1) is 17.6 Å². The minimum atomic E-state index is 0.812. The molecule has 0 unspecified atom stereocenters. The number of aromatic nitrogens is 2. The zero-order chi connectivity index (χ0) is 9.42. The predicted octanol–water partition coefficient (Wildman–Crippen LogP) is 1.82. The monoisotopic (exact) mass is 179 g/mol. The zero-order valence-electron chi connectivity index (χ0n) is 8.33. The quantitative estimate of drug-likeness (QED) is 0.752. The van der Waals surface area contributed by atoms with Gasteiger partial charge < -0.3 is 5.73 Å². The van der Waals surface area contributed by atoms with Gasteiger partial charge in [0.1, 0.15) is 0 Å². The topological polar surface area (TPSA) is 43.8 Å². The summed E-state index contributed by atoms with van der Waals surface area (Å²) in [6.07, 6.45) is 4.44. The van der Waals surface area contributed by atoms with E-state index in [2.05, 4.69) is 12.0 Å². The third kappa shape index (κ3) is 1.55. The Morgan fingerprint density at radius 1 is 1.62 bits per heavy atom. The van der Waals surface area contributed by atoms with Gasteiger partial charge in [-0.25, -0.2) is 0 Å². The molecule has 1 heterocycles. The van der Waals surface area contributed by atoms with Crippen LogP contribution in [0.5, 0.6) is 0 Å². The predicted molar refractivity (Wildman–Crippen MR) is 53.3 cm³/mol. The molecule has 0 bridgehead atoms. The van der Waals surface area contributed by atoms with Crippen LogP contribution in [-0.4, -0.2) is 9.78 Å². The molecular weight excluding hydrogens is 162 g/mol. The van der Waals surface area contributed by atoms with E-state index in [1.165, 1.54) is 12.8 Å². The van der Waals surface area contributed by atoms with Crippen molar-refractivity contribution in [2.24, 2.45) is 11.8 Å². The Morgan fingerprint density at radius 3 is 2.77 bits per heavy atom. The van der Waals surface area contributed by atoms with Crippen LogP contribution < -0.4 is 5.73 Å². The second-order valence-electron chi connectivity index (χ2n) is 4.31. The van der Waals surface area contributed by atoms with Crippen molar-refractivity contribution in [3.05, 3.63) is 11.9 Å². The summed E-state index contributed by atoms with van der Waals surface area (Å²) in [4.78, 5) is 0. The molecule has 0 aliphatic heterocycles. The van der Waals surface area contributed by atoms with Crippen molar-refractivity contribution in [2.75, 3.05) is 5.73 Å². The molecule has 1 aromatic heterocycles. The third-order valence-corrected chi connectivity index (χ3v) is 3.04. The summed E-state index contributed by atoms with van der Waals surface area (Å²) in [7, 11) is 0. The van der Waals surface area contributed by atoms with Crippen molar-refractivity contribution in [1.82, 2.24) is 9.78 Å². The fourth-order valence-corrected chi connectivity index (χ4v) is 2.11. The Morgan fingerprint density at radius 2 is 2.31 bits per heavy atom. The molecule has 0 amide bonds. The van der Waals surface area contributed by atoms with Crippen LogP contribution in [0.25, 0.3) is 0 Å². The highest BCUT2D eigenvalue weighted by Crippen LogP contribution is 2.34. The molecule has 0 atom stereocenters. The molecule has 2 N–H and O–H groups in total. The van der Waals surface area contributed by atoms with Gasteiger partial charge in [-0.1, -0.05) is 6.92 Å². The van der Waals surface area contributed by atoms with E-state index in [4.69, 9.17) is 5.73 Å². The Balaban J connectivity index is 1.98. The molecule has 0 aromatic carbocycles. The van der Waals surface area contributed by atoms with Gasteiger partial charge in [-0.3, -0.25) is 4.68 Å². The Hall–Kier alpha value is -0.990. The summed E-state index contributed by atoms with van der Waals surface area (Å²) in [6, 6.07) is 0. The molecule has 3 nitrogen and oxygen atoms in total. The normalized spacial score (nSPS) is 27.2. The van der Waals surface area contributed by atoms with Crippen molar-refractivity contribution in [3.63, 3.8) is 0 Å². The van der Waals surface area contributed by atoms with E-state index in [0.717, 1.165) is 29.8 Å². The number of nitrogens with zero attached hydrogens (tertiary/aromatic N) is 2. The maximum atomic E-state index is 5.72. The summed E-state index contributed by atoms with van der Waals surface area (Å²) < 4.78 is 2.03. The van der Waals surface area contributed by atoms with Gasteiger partial charge in [-0.15, -0.1) is 0 Å². The van der Waals surface area contributed by atoms with Crippen LogP contribution >= 0.6 is 0 Å². The molecule has 1 aliphatic rings. The Labute approximate surface area is 78.9 Å². The first-order chi connectivity index (χ1) is 6.16. The molecule has 2 rings (SSSR count). The standard InChI is InChI=1S/C10H17N3/c1-7-3-9(4-7)6-13-8(2)10(11)5-12-13/h5,7,9H,3-4,6,11H2,1-2H3. The number of rotatable bonds is 2. The molecule has 1 saturated carbocycles. The lowest BCUT2D eigenvalue weighted by atomic mass is 9.76. The summed E-state index contributed by atoms with van der Waals surface area (Å²) in [6.45, 7) is 5.39. The van der Waals surface area contributed by atoms with Crippen LogP contribution in [-0.2, 0) is 6.54 Å². The Bertz CT molecular complexity index is 297. The Kier molecular flexibility index (Phi) is 2.02. The van der Waals surface area contributed by atoms with Gasteiger partial charge >= 0.3 is 0 Å². The average molecular weight is 179 g/mol. The lowest BCUT2D eigenvalue weighted by molar-refractivity contribution is 0.181. The van der Waals surface area contributed by atoms with E-state index in [0.29, 0.717) is 0 Å². The van der Waals surface area contributed by atoms with Crippen molar-refractivity contribution in [1.29, 1.82) is 0 Å². The number of hydrogen-bond donors (Lipinski definition) is 1. The van der Waals surface area contributed by atoms with E-state index in [1.807, 2.05) is 11.6 Å². The van der Waals surface area contributed by atoms with Gasteiger partial charge in [0.25, 0.3) is 0 Å². The molecule has 1 fully saturated rings. The molecule has 72 valence electrons. The molecule has 0 radical (unpaired) electrons. The molecule has 0 spiro atoms. The SMILES string of the molecule is Cc1c(N)cnn1CC1CC(C)C1. The van der Waals surface area contributed by atoms with Crippen molar-refractivity contribution in [2.45, 2.75) is 33.2 Å². The lowest BCUT2D eigenvalue weighted by Crippen LogP contribution is -2.26. The first kappa shape index (κ1) is 8.60. The fraction of sp³-hybridized carbons (Fsp3) is 0.700. The van der Waals surface area contributed by atoms with Crippen LogP contribution in [0, 0.1) is 18.8 Å². The highest BCUT2D eigenvalue weighted by atomic mass is 15.3. The first-order valence-corrected chi connectivity index (χ1v) is 4.94. The van der Waals surface area contributed by atoms with Crippen LogP contribution in [0.15, 0.2) is 6.20 Å². The van der Waals surface area contributed by atoms with E-state index in [-0.39, 0.29) is 0 Å². The minimum absolute atomic E-state index is 0.812. The van der Waals surface area contributed by atoms with Crippen LogP contribution in [0.1, 0.15) is 25.5 Å². The second-order valence-corrected chi connectivity index (χ2v) is 4.31. The van der Waals surface area contributed by atoms with E-state index >= 15 is 0 Å². The van der Waals surface area contributed by atoms with E-state index < -0.39 is 0 Å². The zero-order valence-corrected chi connectivity index (χ0v) is 8.33. The first-order valence-electron chi connectivity index (χ1n) is 4.94. The largest absolute Gasteiger partial charge is 0.396 e. The second kappa shape index (κ2) is 3.05. The number of anilines is 1. The van der Waals surface area contributed by atoms with Gasteiger partial charge in [0.2, 0.25) is 0 Å². The molecular formula is C10H17N3. The van der Waals surface area contributed by atoms with Gasteiger partial charge in [0, 0.05) is 6.54 Å². The van der Waals surface area contributed by atoms with Gasteiger partial charge in [-0.05, 0) is 31.6 Å². The summed E-state index contributed by atoms with van der Waals surface area (Å²) in [5.41, 5.74) is 7.64. The summed E-state index contributed by atoms with van der Waals surface area (Å²) >= 11 is 0. The van der Waals surface area contributed by atoms with Gasteiger partial charge in [0.15, 0.2) is 0 Å². The smallest absolute Gasteiger partial charge is 0.0730 e. The molecule has 0 saturated heterocycles. The van der Waals surface area contributed by atoms with E-state index in [9.17, 15) is 0 Å². The maximum Gasteiger partial charge on any atom is 0.0730 e. The fourth-order valence-electron chi connectivity index (χ4n) is 2.11. The van der Waals surface area contributed by atoms with Crippen LogP contribution in [0.3, 0.4) is 0 Å². The van der Waals surface area contributed by atoms with E-state index in [1.54, 1.807) is 6.20 Å². The number of nitrogen functional groups attached to an aromatic ring is 1. The van der Waals surface area contributed by atoms with Gasteiger partial charge in [-0.2, -0.15) is 5.10 Å². The van der Waals surface area contributed by atoms with Crippen LogP contribution in [0.2, 0.25) is 0 Å². The third-order valence-electron chi connectivity index (χ3n) is 3.04. The molecule has 13 heavy (non-hydrogen) atoms. The average Bonchev–Trinajstić information content (AvgIpc) is 2.33. The minimum Gasteiger partial charge on any atom is -0.396 e. The highest BCUT2D eigenvalue weighted by Gasteiger charge is 2.26. The highest BCUT2D eigenvalue weighted by molar-refractivity contribution is 5.39. The lowest BCUT2D eigenvalue weighted by Gasteiger charge is -2.32. The van der Waals surface area contributed by atoms with Crippen LogP contribution in [0.4, 0.5) is 5.69 Å². The molecule has 1 aromatic rings. The molecule has 3 heteroatoms. The van der Waals surface area contributed by atoms with Crippen molar-refractivity contribution >= 4 is 5.69 Å². The van der Waals surface area contributed by atoms with Crippen molar-refractivity contribution < 1.29 is 0 Å². The number of hydrogen-bond acceptors (Lipinski definition) is 2.